The summed E-state index contributed by atoms with van der Waals surface area (Å²) >= 11 is 11.4. The molecule has 0 radical (unpaired) electrons. The highest BCUT2D eigenvalue weighted by Crippen LogP contribution is 2.17. The fourth-order valence-corrected chi connectivity index (χ4v) is 2.10. The quantitative estimate of drug-likeness (QED) is 0.730. The number of carbonyl (C=O) groups is 1. The molecule has 0 heterocycles. The summed E-state index contributed by atoms with van der Waals surface area (Å²) in [6, 6.07) is 9.74. The number of benzene rings is 1. The molecule has 94 valence electrons. The Balaban J connectivity index is 2.73. The van der Waals surface area contributed by atoms with Crippen LogP contribution in [0.5, 0.6) is 0 Å². The van der Waals surface area contributed by atoms with Crippen molar-refractivity contribution in [1.82, 2.24) is 4.90 Å². The van der Waals surface area contributed by atoms with Crippen LogP contribution in [0.2, 0.25) is 0 Å². The van der Waals surface area contributed by atoms with E-state index in [4.69, 9.17) is 23.2 Å². The third-order valence-electron chi connectivity index (χ3n) is 2.69. The van der Waals surface area contributed by atoms with Crippen molar-refractivity contribution in [3.63, 3.8) is 0 Å². The zero-order valence-corrected chi connectivity index (χ0v) is 11.4. The molecule has 0 aliphatic carbocycles. The summed E-state index contributed by atoms with van der Waals surface area (Å²) in [4.78, 5) is 14.0. The zero-order valence-electron chi connectivity index (χ0n) is 9.90. The van der Waals surface area contributed by atoms with Crippen molar-refractivity contribution >= 4 is 29.1 Å². The summed E-state index contributed by atoms with van der Waals surface area (Å²) in [6.07, 6.45) is 0. The number of nitrogens with zero attached hydrogens (tertiary/aromatic N) is 1. The van der Waals surface area contributed by atoms with Gasteiger partial charge >= 0.3 is 0 Å². The fourth-order valence-electron chi connectivity index (χ4n) is 1.69. The Bertz CT molecular complexity index is 337. The smallest absolute Gasteiger partial charge is 0.229 e. The summed E-state index contributed by atoms with van der Waals surface area (Å²) < 4.78 is 0. The van der Waals surface area contributed by atoms with Crippen molar-refractivity contribution in [2.24, 2.45) is 0 Å². The van der Waals surface area contributed by atoms with Crippen LogP contribution in [0.15, 0.2) is 30.3 Å². The number of carbonyl (C=O) groups excluding carboxylic acids is 1. The van der Waals surface area contributed by atoms with E-state index in [9.17, 15) is 4.79 Å². The lowest BCUT2D eigenvalue weighted by molar-refractivity contribution is -0.131. The van der Waals surface area contributed by atoms with E-state index < -0.39 is 0 Å². The first-order valence-corrected chi connectivity index (χ1v) is 6.73. The van der Waals surface area contributed by atoms with Gasteiger partial charge in [-0.2, -0.15) is 0 Å². The van der Waals surface area contributed by atoms with E-state index in [1.807, 2.05) is 37.3 Å². The van der Waals surface area contributed by atoms with Gasteiger partial charge in [0.15, 0.2) is 0 Å². The van der Waals surface area contributed by atoms with Crippen LogP contribution in [0.25, 0.3) is 0 Å². The molecular formula is C13H17Cl2NO. The van der Waals surface area contributed by atoms with Crippen molar-refractivity contribution in [2.75, 3.05) is 24.8 Å². The van der Waals surface area contributed by atoms with Gasteiger partial charge in [0.1, 0.15) is 0 Å². The van der Waals surface area contributed by atoms with Gasteiger partial charge in [-0.25, -0.2) is 0 Å². The highest BCUT2D eigenvalue weighted by Gasteiger charge is 2.20. The lowest BCUT2D eigenvalue weighted by atomic mass is 10.00. The van der Waals surface area contributed by atoms with Crippen LogP contribution in [0.3, 0.4) is 0 Å². The Morgan fingerprint density at radius 1 is 1.18 bits per heavy atom. The van der Waals surface area contributed by atoms with E-state index in [-0.39, 0.29) is 11.8 Å². The zero-order chi connectivity index (χ0) is 12.7. The minimum Gasteiger partial charge on any atom is -0.340 e. The molecule has 0 aliphatic heterocycles. The molecule has 2 nitrogen and oxygen atoms in total. The number of amides is 1. The third kappa shape index (κ3) is 4.21. The van der Waals surface area contributed by atoms with Gasteiger partial charge in [0, 0.05) is 24.8 Å². The standard InChI is InChI=1S/C13H17Cl2NO/c1-11(12-5-3-2-4-6-12)13(17)16(9-7-14)10-8-15/h2-6,11H,7-10H2,1H3. The van der Waals surface area contributed by atoms with E-state index in [0.29, 0.717) is 24.8 Å². The first-order chi connectivity index (χ1) is 8.20. The first-order valence-electron chi connectivity index (χ1n) is 5.66. The molecule has 0 fully saturated rings. The van der Waals surface area contributed by atoms with Crippen LogP contribution in [0, 0.1) is 0 Å². The Morgan fingerprint density at radius 2 is 1.71 bits per heavy atom. The van der Waals surface area contributed by atoms with Gasteiger partial charge in [-0.15, -0.1) is 23.2 Å². The van der Waals surface area contributed by atoms with Crippen LogP contribution in [0.4, 0.5) is 0 Å². The molecule has 17 heavy (non-hydrogen) atoms. The van der Waals surface area contributed by atoms with E-state index in [1.165, 1.54) is 0 Å². The maximum Gasteiger partial charge on any atom is 0.229 e. The number of halogens is 2. The van der Waals surface area contributed by atoms with Crippen molar-refractivity contribution in [3.8, 4) is 0 Å². The minimum absolute atomic E-state index is 0.0810. The second-order valence-electron chi connectivity index (χ2n) is 3.84. The first kappa shape index (κ1) is 14.3. The van der Waals surface area contributed by atoms with Gasteiger partial charge in [0.2, 0.25) is 5.91 Å². The van der Waals surface area contributed by atoms with Crippen LogP contribution in [0.1, 0.15) is 18.4 Å². The van der Waals surface area contributed by atoms with Gasteiger partial charge < -0.3 is 4.90 Å². The molecule has 1 rings (SSSR count). The Hall–Kier alpha value is -0.730. The van der Waals surface area contributed by atoms with Gasteiger partial charge in [0.25, 0.3) is 0 Å². The largest absolute Gasteiger partial charge is 0.340 e. The summed E-state index contributed by atoms with van der Waals surface area (Å²) in [5.41, 5.74) is 1.02. The van der Waals surface area contributed by atoms with Crippen LogP contribution < -0.4 is 0 Å². The number of hydrogen-bond donors (Lipinski definition) is 0. The SMILES string of the molecule is CC(C(=O)N(CCCl)CCCl)c1ccccc1. The average molecular weight is 274 g/mol. The van der Waals surface area contributed by atoms with E-state index in [2.05, 4.69) is 0 Å². The third-order valence-corrected chi connectivity index (χ3v) is 3.03. The van der Waals surface area contributed by atoms with E-state index in [0.717, 1.165) is 5.56 Å². The maximum atomic E-state index is 12.2. The highest BCUT2D eigenvalue weighted by atomic mass is 35.5. The summed E-state index contributed by atoms with van der Waals surface area (Å²) in [5, 5.41) is 0. The maximum absolute atomic E-state index is 12.2. The van der Waals surface area contributed by atoms with E-state index in [1.54, 1.807) is 4.90 Å². The molecule has 1 aromatic carbocycles. The second-order valence-corrected chi connectivity index (χ2v) is 4.59. The van der Waals surface area contributed by atoms with Crippen LogP contribution in [-0.4, -0.2) is 35.7 Å². The molecule has 4 heteroatoms. The minimum atomic E-state index is -0.150. The highest BCUT2D eigenvalue weighted by molar-refractivity contribution is 6.18. The predicted molar refractivity (Wildman–Crippen MR) is 72.9 cm³/mol. The van der Waals surface area contributed by atoms with E-state index >= 15 is 0 Å². The van der Waals surface area contributed by atoms with Crippen LogP contribution in [-0.2, 0) is 4.79 Å². The van der Waals surface area contributed by atoms with Gasteiger partial charge in [-0.05, 0) is 12.5 Å². The van der Waals surface area contributed by atoms with Crippen molar-refractivity contribution in [3.05, 3.63) is 35.9 Å². The number of hydrogen-bond acceptors (Lipinski definition) is 1. The Morgan fingerprint density at radius 3 is 2.18 bits per heavy atom. The fraction of sp³-hybridized carbons (Fsp3) is 0.462. The number of alkyl halides is 2. The van der Waals surface area contributed by atoms with Gasteiger partial charge in [0.05, 0.1) is 5.92 Å². The Labute approximate surface area is 113 Å². The molecule has 0 spiro atoms. The molecule has 1 aromatic rings. The molecule has 0 saturated carbocycles. The van der Waals surface area contributed by atoms with Crippen molar-refractivity contribution in [2.45, 2.75) is 12.8 Å². The molecule has 0 aliphatic rings. The van der Waals surface area contributed by atoms with Gasteiger partial charge in [-0.1, -0.05) is 30.3 Å². The molecule has 1 amide bonds. The molecule has 0 N–H and O–H groups in total. The average Bonchev–Trinajstić information content (AvgIpc) is 2.38. The van der Waals surface area contributed by atoms with Crippen molar-refractivity contribution < 1.29 is 4.79 Å². The summed E-state index contributed by atoms with van der Waals surface area (Å²) in [5.74, 6) is 0.800. The lowest BCUT2D eigenvalue weighted by Crippen LogP contribution is -2.37. The monoisotopic (exact) mass is 273 g/mol. The molecule has 1 atom stereocenters. The van der Waals surface area contributed by atoms with Crippen LogP contribution >= 0.6 is 23.2 Å². The molecule has 0 aromatic heterocycles. The molecular weight excluding hydrogens is 257 g/mol. The van der Waals surface area contributed by atoms with Crippen molar-refractivity contribution in [1.29, 1.82) is 0 Å². The number of rotatable bonds is 6. The second kappa shape index (κ2) is 7.57. The topological polar surface area (TPSA) is 20.3 Å². The van der Waals surface area contributed by atoms with Gasteiger partial charge in [-0.3, -0.25) is 4.79 Å². The predicted octanol–water partition coefficient (Wildman–Crippen LogP) is 3.10. The Kier molecular flexibility index (Phi) is 6.38. The summed E-state index contributed by atoms with van der Waals surface area (Å²) in [6.45, 7) is 3.00. The summed E-state index contributed by atoms with van der Waals surface area (Å²) in [7, 11) is 0. The lowest BCUT2D eigenvalue weighted by Gasteiger charge is -2.24. The molecule has 0 bridgehead atoms. The normalized spacial score (nSPS) is 12.2. The molecule has 1 unspecified atom stereocenters. The molecule has 0 saturated heterocycles.